The summed E-state index contributed by atoms with van der Waals surface area (Å²) < 4.78 is 0. The normalized spacial score (nSPS) is 21.6. The molecule has 1 aromatic rings. The van der Waals surface area contributed by atoms with Crippen LogP contribution in [0.1, 0.15) is 18.4 Å². The Hall–Kier alpha value is -0.970. The number of nitrogens with one attached hydrogen (secondary N) is 1. The summed E-state index contributed by atoms with van der Waals surface area (Å²) in [6.45, 7) is 4.12. The average molecular weight is 235 g/mol. The fraction of sp³-hybridized carbons (Fsp3) is 0.615. The second-order valence-corrected chi connectivity index (χ2v) is 4.61. The quantitative estimate of drug-likeness (QED) is 0.786. The number of hydrogen-bond acceptors (Lipinski definition) is 4. The van der Waals surface area contributed by atoms with Crippen LogP contribution < -0.4 is 5.32 Å². The van der Waals surface area contributed by atoms with Gasteiger partial charge in [-0.25, -0.2) is 0 Å². The SMILES string of the molecule is OCCNC1CCCN(Cc2cccnc2)C1. The molecule has 1 aromatic heterocycles. The van der Waals surface area contributed by atoms with Crippen LogP contribution in [0.15, 0.2) is 24.5 Å². The minimum absolute atomic E-state index is 0.221. The number of aliphatic hydroxyl groups excluding tert-OH is 1. The highest BCUT2D eigenvalue weighted by Crippen LogP contribution is 2.13. The molecule has 94 valence electrons. The second-order valence-electron chi connectivity index (χ2n) is 4.61. The maximum atomic E-state index is 8.81. The summed E-state index contributed by atoms with van der Waals surface area (Å²) >= 11 is 0. The van der Waals surface area contributed by atoms with E-state index in [1.165, 1.54) is 18.4 Å². The van der Waals surface area contributed by atoms with Crippen molar-refractivity contribution in [3.05, 3.63) is 30.1 Å². The lowest BCUT2D eigenvalue weighted by molar-refractivity contribution is 0.176. The Labute approximate surface area is 103 Å². The summed E-state index contributed by atoms with van der Waals surface area (Å²) in [5.74, 6) is 0. The number of rotatable bonds is 5. The van der Waals surface area contributed by atoms with Gasteiger partial charge in [0, 0.05) is 38.1 Å². The summed E-state index contributed by atoms with van der Waals surface area (Å²) in [4.78, 5) is 6.60. The molecule has 1 aliphatic rings. The molecular weight excluding hydrogens is 214 g/mol. The number of hydrogen-bond donors (Lipinski definition) is 2. The van der Waals surface area contributed by atoms with Crippen LogP contribution >= 0.6 is 0 Å². The zero-order valence-corrected chi connectivity index (χ0v) is 10.2. The molecule has 4 heteroatoms. The highest BCUT2D eigenvalue weighted by Gasteiger charge is 2.18. The average Bonchev–Trinajstić information content (AvgIpc) is 2.38. The third-order valence-corrected chi connectivity index (χ3v) is 3.18. The zero-order chi connectivity index (χ0) is 11.9. The lowest BCUT2D eigenvalue weighted by Crippen LogP contribution is -2.46. The van der Waals surface area contributed by atoms with E-state index in [0.29, 0.717) is 12.6 Å². The molecule has 1 saturated heterocycles. The van der Waals surface area contributed by atoms with Crippen molar-refractivity contribution in [1.29, 1.82) is 0 Å². The van der Waals surface area contributed by atoms with Crippen molar-refractivity contribution in [3.63, 3.8) is 0 Å². The highest BCUT2D eigenvalue weighted by atomic mass is 16.3. The number of piperidine rings is 1. The summed E-state index contributed by atoms with van der Waals surface area (Å²) in [6, 6.07) is 4.63. The maximum absolute atomic E-state index is 8.81. The van der Waals surface area contributed by atoms with E-state index in [1.807, 2.05) is 18.5 Å². The number of pyridine rings is 1. The van der Waals surface area contributed by atoms with Gasteiger partial charge in [0.15, 0.2) is 0 Å². The van der Waals surface area contributed by atoms with Gasteiger partial charge < -0.3 is 10.4 Å². The minimum Gasteiger partial charge on any atom is -0.395 e. The van der Waals surface area contributed by atoms with Gasteiger partial charge in [0.1, 0.15) is 0 Å². The van der Waals surface area contributed by atoms with E-state index in [4.69, 9.17) is 5.11 Å². The maximum Gasteiger partial charge on any atom is 0.0556 e. The molecule has 2 heterocycles. The van der Waals surface area contributed by atoms with Gasteiger partial charge in [-0.2, -0.15) is 0 Å². The van der Waals surface area contributed by atoms with Crippen molar-refractivity contribution in [2.75, 3.05) is 26.2 Å². The Morgan fingerprint density at radius 3 is 3.24 bits per heavy atom. The van der Waals surface area contributed by atoms with Crippen molar-refractivity contribution in [2.45, 2.75) is 25.4 Å². The molecule has 0 spiro atoms. The van der Waals surface area contributed by atoms with Gasteiger partial charge in [0.2, 0.25) is 0 Å². The molecule has 0 amide bonds. The minimum atomic E-state index is 0.221. The standard InChI is InChI=1S/C13H21N3O/c17-8-6-15-13-4-2-7-16(11-13)10-12-3-1-5-14-9-12/h1,3,5,9,13,15,17H,2,4,6-8,10-11H2. The van der Waals surface area contributed by atoms with Gasteiger partial charge >= 0.3 is 0 Å². The third kappa shape index (κ3) is 4.07. The molecule has 1 atom stereocenters. The predicted octanol–water partition coefficient (Wildman–Crippen LogP) is 0.628. The Morgan fingerprint density at radius 1 is 1.53 bits per heavy atom. The molecule has 0 bridgehead atoms. The Balaban J connectivity index is 1.81. The lowest BCUT2D eigenvalue weighted by atomic mass is 10.1. The molecule has 0 aliphatic carbocycles. The first-order chi connectivity index (χ1) is 8.38. The van der Waals surface area contributed by atoms with Crippen LogP contribution in [0.5, 0.6) is 0 Å². The van der Waals surface area contributed by atoms with Gasteiger partial charge in [-0.15, -0.1) is 0 Å². The fourth-order valence-corrected chi connectivity index (χ4v) is 2.38. The summed E-state index contributed by atoms with van der Waals surface area (Å²) in [6.07, 6.45) is 6.18. The van der Waals surface area contributed by atoms with Crippen molar-refractivity contribution in [2.24, 2.45) is 0 Å². The number of nitrogens with zero attached hydrogens (tertiary/aromatic N) is 2. The molecule has 2 N–H and O–H groups in total. The molecule has 0 aromatic carbocycles. The molecule has 0 saturated carbocycles. The molecule has 17 heavy (non-hydrogen) atoms. The highest BCUT2D eigenvalue weighted by molar-refractivity contribution is 5.08. The van der Waals surface area contributed by atoms with Crippen LogP contribution in [0.25, 0.3) is 0 Å². The molecular formula is C13H21N3O. The first-order valence-electron chi connectivity index (χ1n) is 6.34. The summed E-state index contributed by atoms with van der Waals surface area (Å²) in [7, 11) is 0. The van der Waals surface area contributed by atoms with Crippen LogP contribution in [-0.2, 0) is 6.54 Å². The number of likely N-dealkylation sites (tertiary alicyclic amines) is 1. The molecule has 0 radical (unpaired) electrons. The van der Waals surface area contributed by atoms with Crippen LogP contribution in [0.2, 0.25) is 0 Å². The van der Waals surface area contributed by atoms with E-state index in [0.717, 1.165) is 19.6 Å². The van der Waals surface area contributed by atoms with Crippen LogP contribution in [-0.4, -0.2) is 47.3 Å². The Morgan fingerprint density at radius 2 is 2.47 bits per heavy atom. The summed E-state index contributed by atoms with van der Waals surface area (Å²) in [5.41, 5.74) is 1.27. The van der Waals surface area contributed by atoms with Crippen LogP contribution in [0.3, 0.4) is 0 Å². The monoisotopic (exact) mass is 235 g/mol. The van der Waals surface area contributed by atoms with Gasteiger partial charge in [0.25, 0.3) is 0 Å². The Bertz CT molecular complexity index is 318. The molecule has 1 unspecified atom stereocenters. The smallest absolute Gasteiger partial charge is 0.0556 e. The van der Waals surface area contributed by atoms with E-state index >= 15 is 0 Å². The van der Waals surface area contributed by atoms with Crippen LogP contribution in [0.4, 0.5) is 0 Å². The molecule has 1 fully saturated rings. The van der Waals surface area contributed by atoms with E-state index in [1.54, 1.807) is 0 Å². The first kappa shape index (κ1) is 12.5. The van der Waals surface area contributed by atoms with Crippen molar-refractivity contribution in [3.8, 4) is 0 Å². The van der Waals surface area contributed by atoms with E-state index in [-0.39, 0.29) is 6.61 Å². The van der Waals surface area contributed by atoms with Gasteiger partial charge in [0.05, 0.1) is 6.61 Å². The zero-order valence-electron chi connectivity index (χ0n) is 10.2. The first-order valence-corrected chi connectivity index (χ1v) is 6.34. The number of aliphatic hydroxyl groups is 1. The Kier molecular flexibility index (Phi) is 4.91. The van der Waals surface area contributed by atoms with E-state index in [9.17, 15) is 0 Å². The predicted molar refractivity (Wildman–Crippen MR) is 67.6 cm³/mol. The molecule has 2 rings (SSSR count). The van der Waals surface area contributed by atoms with E-state index in [2.05, 4.69) is 21.3 Å². The fourth-order valence-electron chi connectivity index (χ4n) is 2.38. The topological polar surface area (TPSA) is 48.4 Å². The summed E-state index contributed by atoms with van der Waals surface area (Å²) in [5, 5.41) is 12.2. The van der Waals surface area contributed by atoms with Gasteiger partial charge in [-0.3, -0.25) is 9.88 Å². The molecule has 1 aliphatic heterocycles. The number of aromatic nitrogens is 1. The van der Waals surface area contributed by atoms with Crippen molar-refractivity contribution < 1.29 is 5.11 Å². The van der Waals surface area contributed by atoms with Crippen LogP contribution in [0, 0.1) is 0 Å². The largest absolute Gasteiger partial charge is 0.395 e. The van der Waals surface area contributed by atoms with Crippen molar-refractivity contribution >= 4 is 0 Å². The molecule has 4 nitrogen and oxygen atoms in total. The van der Waals surface area contributed by atoms with E-state index < -0.39 is 0 Å². The second kappa shape index (κ2) is 6.69. The van der Waals surface area contributed by atoms with Crippen molar-refractivity contribution in [1.82, 2.24) is 15.2 Å². The van der Waals surface area contributed by atoms with Gasteiger partial charge in [-0.05, 0) is 31.0 Å². The third-order valence-electron chi connectivity index (χ3n) is 3.18. The van der Waals surface area contributed by atoms with Gasteiger partial charge in [-0.1, -0.05) is 6.07 Å². The lowest BCUT2D eigenvalue weighted by Gasteiger charge is -2.33.